The van der Waals surface area contributed by atoms with Crippen LogP contribution in [0.4, 0.5) is 0 Å². The SMILES string of the molecule is C=C(C(=O)OCCCC)C(C=C(C)C(=O)O)=Cc1ccccc1. The van der Waals surface area contributed by atoms with E-state index in [-0.39, 0.29) is 11.1 Å². The van der Waals surface area contributed by atoms with Gasteiger partial charge in [0.15, 0.2) is 0 Å². The molecule has 0 fully saturated rings. The lowest BCUT2D eigenvalue weighted by Gasteiger charge is -2.09. The molecule has 0 aliphatic carbocycles. The molecule has 0 saturated heterocycles. The highest BCUT2D eigenvalue weighted by atomic mass is 16.5. The molecule has 0 heterocycles. The molecular weight excluding hydrogens is 292 g/mol. The molecule has 1 rings (SSSR count). The van der Waals surface area contributed by atoms with Gasteiger partial charge in [-0.3, -0.25) is 0 Å². The molecule has 0 unspecified atom stereocenters. The summed E-state index contributed by atoms with van der Waals surface area (Å²) < 4.78 is 5.15. The number of carbonyl (C=O) groups is 2. The number of allylic oxidation sites excluding steroid dienone is 1. The van der Waals surface area contributed by atoms with Crippen molar-refractivity contribution in [2.45, 2.75) is 26.7 Å². The maximum Gasteiger partial charge on any atom is 0.338 e. The third-order valence-electron chi connectivity index (χ3n) is 3.16. The monoisotopic (exact) mass is 314 g/mol. The van der Waals surface area contributed by atoms with E-state index in [0.717, 1.165) is 18.4 Å². The lowest BCUT2D eigenvalue weighted by molar-refractivity contribution is -0.138. The van der Waals surface area contributed by atoms with Gasteiger partial charge >= 0.3 is 11.9 Å². The highest BCUT2D eigenvalue weighted by molar-refractivity contribution is 5.97. The topological polar surface area (TPSA) is 63.6 Å². The zero-order valence-corrected chi connectivity index (χ0v) is 13.5. The minimum absolute atomic E-state index is 0.120. The highest BCUT2D eigenvalue weighted by Crippen LogP contribution is 2.18. The summed E-state index contributed by atoms with van der Waals surface area (Å²) in [5.74, 6) is -1.58. The molecule has 23 heavy (non-hydrogen) atoms. The maximum absolute atomic E-state index is 12.1. The minimum atomic E-state index is -1.05. The summed E-state index contributed by atoms with van der Waals surface area (Å²) in [6.07, 6.45) is 4.85. The van der Waals surface area contributed by atoms with Crippen LogP contribution in [-0.4, -0.2) is 23.7 Å². The molecule has 0 amide bonds. The number of carboxylic acids is 1. The first-order valence-corrected chi connectivity index (χ1v) is 7.50. The molecule has 0 bridgehead atoms. The number of aliphatic carboxylic acids is 1. The Balaban J connectivity index is 3.07. The Morgan fingerprint density at radius 2 is 1.91 bits per heavy atom. The van der Waals surface area contributed by atoms with Gasteiger partial charge in [-0.05, 0) is 36.6 Å². The molecule has 0 spiro atoms. The first-order chi connectivity index (χ1) is 11.0. The van der Waals surface area contributed by atoms with Gasteiger partial charge in [-0.25, -0.2) is 9.59 Å². The van der Waals surface area contributed by atoms with Gasteiger partial charge in [0.1, 0.15) is 0 Å². The van der Waals surface area contributed by atoms with Crippen LogP contribution in [0, 0.1) is 0 Å². The van der Waals surface area contributed by atoms with Crippen LogP contribution in [0.25, 0.3) is 6.08 Å². The Bertz CT molecular complexity index is 624. The van der Waals surface area contributed by atoms with E-state index in [2.05, 4.69) is 6.58 Å². The third kappa shape index (κ3) is 6.34. The van der Waals surface area contributed by atoms with E-state index >= 15 is 0 Å². The first-order valence-electron chi connectivity index (χ1n) is 7.50. The van der Waals surface area contributed by atoms with E-state index in [1.165, 1.54) is 13.0 Å². The van der Waals surface area contributed by atoms with Gasteiger partial charge in [-0.2, -0.15) is 0 Å². The molecule has 0 saturated carbocycles. The van der Waals surface area contributed by atoms with Crippen LogP contribution in [0.3, 0.4) is 0 Å². The fraction of sp³-hybridized carbons (Fsp3) is 0.263. The van der Waals surface area contributed by atoms with E-state index in [9.17, 15) is 9.59 Å². The summed E-state index contributed by atoms with van der Waals surface area (Å²) in [7, 11) is 0. The molecule has 1 N–H and O–H groups in total. The molecule has 122 valence electrons. The Labute approximate surface area is 136 Å². The number of ether oxygens (including phenoxy) is 1. The Morgan fingerprint density at radius 1 is 1.26 bits per heavy atom. The van der Waals surface area contributed by atoms with Crippen LogP contribution in [-0.2, 0) is 14.3 Å². The van der Waals surface area contributed by atoms with Gasteiger partial charge in [0.25, 0.3) is 0 Å². The van der Waals surface area contributed by atoms with Crippen molar-refractivity contribution < 1.29 is 19.4 Å². The molecule has 0 aliphatic rings. The molecule has 4 nitrogen and oxygen atoms in total. The number of carbonyl (C=O) groups excluding carboxylic acids is 1. The third-order valence-corrected chi connectivity index (χ3v) is 3.16. The van der Waals surface area contributed by atoms with Crippen LogP contribution >= 0.6 is 0 Å². The van der Waals surface area contributed by atoms with Gasteiger partial charge < -0.3 is 9.84 Å². The Hall–Kier alpha value is -2.62. The summed E-state index contributed by atoms with van der Waals surface area (Å²) >= 11 is 0. The van der Waals surface area contributed by atoms with Crippen molar-refractivity contribution in [3.8, 4) is 0 Å². The molecular formula is C19H22O4. The standard InChI is InChI=1S/C19H22O4/c1-4-5-11-23-19(22)15(3)17(12-14(2)18(20)21)13-16-9-7-6-8-10-16/h6-10,12-13H,3-5,11H2,1-2H3,(H,20,21). The fourth-order valence-corrected chi connectivity index (χ4v) is 1.75. The average molecular weight is 314 g/mol. The first kappa shape index (κ1) is 18.4. The highest BCUT2D eigenvalue weighted by Gasteiger charge is 2.14. The van der Waals surface area contributed by atoms with E-state index in [1.54, 1.807) is 6.08 Å². The van der Waals surface area contributed by atoms with E-state index in [0.29, 0.717) is 12.2 Å². The number of unbranched alkanes of at least 4 members (excludes halogenated alkanes) is 1. The fourth-order valence-electron chi connectivity index (χ4n) is 1.75. The van der Waals surface area contributed by atoms with Crippen LogP contribution in [0.1, 0.15) is 32.3 Å². The number of hydrogen-bond donors (Lipinski definition) is 1. The second kappa shape index (κ2) is 9.41. The maximum atomic E-state index is 12.1. The summed E-state index contributed by atoms with van der Waals surface area (Å²) in [6.45, 7) is 7.56. The normalized spacial score (nSPS) is 11.9. The summed E-state index contributed by atoms with van der Waals surface area (Å²) in [5.41, 5.74) is 1.54. The lowest BCUT2D eigenvalue weighted by atomic mass is 10.0. The minimum Gasteiger partial charge on any atom is -0.478 e. The van der Waals surface area contributed by atoms with Crippen molar-refractivity contribution in [3.05, 3.63) is 65.3 Å². The Kier molecular flexibility index (Phi) is 7.54. The smallest absolute Gasteiger partial charge is 0.338 e. The van der Waals surface area contributed by atoms with Crippen molar-refractivity contribution in [3.63, 3.8) is 0 Å². The number of benzene rings is 1. The number of esters is 1. The molecule has 4 heteroatoms. The number of carboxylic acid groups (broad SMARTS) is 1. The van der Waals surface area contributed by atoms with Gasteiger partial charge in [0.05, 0.1) is 12.2 Å². The quantitative estimate of drug-likeness (QED) is 0.341. The van der Waals surface area contributed by atoms with Gasteiger partial charge in [-0.15, -0.1) is 0 Å². The number of rotatable bonds is 8. The van der Waals surface area contributed by atoms with Crippen molar-refractivity contribution in [2.24, 2.45) is 0 Å². The van der Waals surface area contributed by atoms with Crippen LogP contribution in [0.5, 0.6) is 0 Å². The van der Waals surface area contributed by atoms with E-state index in [4.69, 9.17) is 9.84 Å². The van der Waals surface area contributed by atoms with Crippen LogP contribution in [0.2, 0.25) is 0 Å². The van der Waals surface area contributed by atoms with Crippen molar-refractivity contribution >= 4 is 18.0 Å². The Morgan fingerprint density at radius 3 is 2.48 bits per heavy atom. The van der Waals surface area contributed by atoms with Crippen molar-refractivity contribution in [1.29, 1.82) is 0 Å². The largest absolute Gasteiger partial charge is 0.478 e. The predicted octanol–water partition coefficient (Wildman–Crippen LogP) is 4.00. The van der Waals surface area contributed by atoms with E-state index in [1.807, 2.05) is 37.3 Å². The second-order valence-electron chi connectivity index (χ2n) is 5.11. The van der Waals surface area contributed by atoms with Crippen LogP contribution < -0.4 is 0 Å². The van der Waals surface area contributed by atoms with E-state index < -0.39 is 11.9 Å². The zero-order chi connectivity index (χ0) is 17.2. The summed E-state index contributed by atoms with van der Waals surface area (Å²) in [6, 6.07) is 9.32. The lowest BCUT2D eigenvalue weighted by Crippen LogP contribution is -2.10. The average Bonchev–Trinajstić information content (AvgIpc) is 2.54. The molecule has 0 radical (unpaired) electrons. The zero-order valence-electron chi connectivity index (χ0n) is 13.5. The summed E-state index contributed by atoms with van der Waals surface area (Å²) in [5, 5.41) is 9.05. The molecule has 0 aliphatic heterocycles. The molecule has 1 aromatic carbocycles. The summed E-state index contributed by atoms with van der Waals surface area (Å²) in [4.78, 5) is 23.1. The van der Waals surface area contributed by atoms with Crippen molar-refractivity contribution in [1.82, 2.24) is 0 Å². The van der Waals surface area contributed by atoms with Gasteiger partial charge in [0.2, 0.25) is 0 Å². The van der Waals surface area contributed by atoms with Gasteiger partial charge in [-0.1, -0.05) is 50.3 Å². The van der Waals surface area contributed by atoms with Gasteiger partial charge in [0, 0.05) is 5.57 Å². The molecule has 0 aromatic heterocycles. The molecule has 1 aromatic rings. The van der Waals surface area contributed by atoms with Crippen LogP contribution in [0.15, 0.2) is 59.7 Å². The second-order valence-corrected chi connectivity index (χ2v) is 5.11. The van der Waals surface area contributed by atoms with Crippen molar-refractivity contribution in [2.75, 3.05) is 6.61 Å². The predicted molar refractivity (Wildman–Crippen MR) is 90.8 cm³/mol. The number of hydrogen-bond acceptors (Lipinski definition) is 3. The molecule has 0 atom stereocenters.